The molecule has 8 heteroatoms. The molecule has 7 nitrogen and oxygen atoms in total. The Labute approximate surface area is 166 Å². The number of hydrogen-bond acceptors (Lipinski definition) is 5. The van der Waals surface area contributed by atoms with Gasteiger partial charge in [-0.1, -0.05) is 30.3 Å². The summed E-state index contributed by atoms with van der Waals surface area (Å²) in [6.45, 7) is 3.68. The van der Waals surface area contributed by atoms with Crippen molar-refractivity contribution in [3.63, 3.8) is 0 Å². The molecule has 2 N–H and O–H groups in total. The van der Waals surface area contributed by atoms with Gasteiger partial charge in [-0.05, 0) is 32.0 Å². The normalized spacial score (nSPS) is 19.4. The van der Waals surface area contributed by atoms with E-state index in [4.69, 9.17) is 0 Å². The average Bonchev–Trinajstić information content (AvgIpc) is 3.13. The number of thioether (sulfide) groups is 1. The van der Waals surface area contributed by atoms with Gasteiger partial charge in [0.05, 0.1) is 16.3 Å². The number of fused-ring (bicyclic) bond motifs is 1. The number of amides is 2. The molecule has 2 aromatic carbocycles. The first-order chi connectivity index (χ1) is 13.5. The quantitative estimate of drug-likeness (QED) is 0.708. The zero-order chi connectivity index (χ0) is 19.8. The molecule has 2 heterocycles. The number of hydrazine groups is 1. The van der Waals surface area contributed by atoms with Crippen molar-refractivity contribution < 1.29 is 14.7 Å². The van der Waals surface area contributed by atoms with E-state index in [9.17, 15) is 14.7 Å². The van der Waals surface area contributed by atoms with E-state index >= 15 is 0 Å². The van der Waals surface area contributed by atoms with Crippen LogP contribution in [0.15, 0.2) is 48.5 Å². The molecular formula is C20H20N4O3S. The number of para-hydroxylation sites is 3. The third-order valence-corrected chi connectivity index (χ3v) is 6.08. The average molecular weight is 396 g/mol. The molecule has 28 heavy (non-hydrogen) atoms. The highest BCUT2D eigenvalue weighted by atomic mass is 32.2. The second-order valence-corrected chi connectivity index (χ2v) is 8.09. The first-order valence-corrected chi connectivity index (χ1v) is 9.88. The van der Waals surface area contributed by atoms with Crippen LogP contribution in [0.2, 0.25) is 0 Å². The molecule has 1 aliphatic rings. The van der Waals surface area contributed by atoms with Crippen LogP contribution in [0.5, 0.6) is 5.75 Å². The topological polar surface area (TPSA) is 87.5 Å². The Kier molecular flexibility index (Phi) is 4.72. The number of aryl methyl sites for hydroxylation is 1. The van der Waals surface area contributed by atoms with Gasteiger partial charge in [0.25, 0.3) is 11.8 Å². The van der Waals surface area contributed by atoms with Crippen LogP contribution in [0.3, 0.4) is 0 Å². The lowest BCUT2D eigenvalue weighted by molar-refractivity contribution is -0.140. The number of hydrogen-bond donors (Lipinski definition) is 2. The lowest BCUT2D eigenvalue weighted by Crippen LogP contribution is -2.46. The largest absolute Gasteiger partial charge is 0.508 e. The summed E-state index contributed by atoms with van der Waals surface area (Å²) >= 11 is 1.39. The minimum atomic E-state index is -0.478. The van der Waals surface area contributed by atoms with Crippen LogP contribution in [-0.4, -0.2) is 36.7 Å². The first kappa shape index (κ1) is 18.4. The van der Waals surface area contributed by atoms with Crippen LogP contribution in [0, 0.1) is 6.92 Å². The number of carbonyl (C=O) groups excluding carboxylic acids is 2. The van der Waals surface area contributed by atoms with Gasteiger partial charge >= 0.3 is 0 Å². The van der Waals surface area contributed by atoms with Crippen LogP contribution in [0.4, 0.5) is 0 Å². The Morgan fingerprint density at radius 3 is 2.71 bits per heavy atom. The molecule has 1 aliphatic heterocycles. The van der Waals surface area contributed by atoms with Crippen molar-refractivity contribution in [1.29, 1.82) is 0 Å². The Morgan fingerprint density at radius 1 is 1.21 bits per heavy atom. The number of benzene rings is 2. The van der Waals surface area contributed by atoms with E-state index in [1.165, 1.54) is 16.8 Å². The highest BCUT2D eigenvalue weighted by Crippen LogP contribution is 2.44. The lowest BCUT2D eigenvalue weighted by Gasteiger charge is -2.25. The number of phenolic OH excluding ortho intramolecular Hbond substituents is 1. The van der Waals surface area contributed by atoms with Gasteiger partial charge < -0.3 is 9.67 Å². The van der Waals surface area contributed by atoms with E-state index < -0.39 is 5.37 Å². The summed E-state index contributed by atoms with van der Waals surface area (Å²) in [6, 6.07) is 14.4. The Morgan fingerprint density at radius 2 is 1.93 bits per heavy atom. The summed E-state index contributed by atoms with van der Waals surface area (Å²) in [4.78, 5) is 29.8. The zero-order valence-corrected chi connectivity index (χ0v) is 16.3. The van der Waals surface area contributed by atoms with Gasteiger partial charge in [-0.2, -0.15) is 0 Å². The summed E-state index contributed by atoms with van der Waals surface area (Å²) in [5.74, 6) is 0.301. The van der Waals surface area contributed by atoms with Crippen LogP contribution in [0.25, 0.3) is 11.0 Å². The Balaban J connectivity index is 1.57. The standard InChI is InChI=1S/C20H20N4O3S/c1-12-19(27)24(20(28-12)14-7-3-6-10-17(14)25)22-18(26)11-23-13(2)21-15-8-4-5-9-16(15)23/h3-10,12,20,25H,11H2,1-2H3,(H,22,26). The second kappa shape index (κ2) is 7.20. The fraction of sp³-hybridized carbons (Fsp3) is 0.250. The Bertz CT molecular complexity index is 1060. The zero-order valence-electron chi connectivity index (χ0n) is 15.5. The minimum absolute atomic E-state index is 0.0443. The number of rotatable bonds is 4. The number of aromatic nitrogens is 2. The number of nitrogens with zero attached hydrogens (tertiary/aromatic N) is 3. The molecule has 2 amide bonds. The number of nitrogens with one attached hydrogen (secondary N) is 1. The number of phenols is 1. The van der Waals surface area contributed by atoms with Gasteiger partial charge in [0.1, 0.15) is 23.5 Å². The predicted molar refractivity (Wildman–Crippen MR) is 107 cm³/mol. The summed E-state index contributed by atoms with van der Waals surface area (Å²) in [7, 11) is 0. The third kappa shape index (κ3) is 3.20. The van der Waals surface area contributed by atoms with Crippen molar-refractivity contribution in [2.24, 2.45) is 0 Å². The maximum atomic E-state index is 12.8. The van der Waals surface area contributed by atoms with Gasteiger partial charge in [-0.3, -0.25) is 15.0 Å². The first-order valence-electron chi connectivity index (χ1n) is 8.93. The van der Waals surface area contributed by atoms with Crippen molar-refractivity contribution in [1.82, 2.24) is 20.0 Å². The SMILES string of the molecule is Cc1nc2ccccc2n1CC(=O)NN1C(=O)C(C)SC1c1ccccc1O. The summed E-state index contributed by atoms with van der Waals surface area (Å²) in [5.41, 5.74) is 5.01. The van der Waals surface area contributed by atoms with Crippen LogP contribution >= 0.6 is 11.8 Å². The van der Waals surface area contributed by atoms with Crippen LogP contribution in [0.1, 0.15) is 23.7 Å². The molecule has 0 aliphatic carbocycles. The molecule has 4 rings (SSSR count). The van der Waals surface area contributed by atoms with Crippen molar-refractivity contribution >= 4 is 34.6 Å². The monoisotopic (exact) mass is 396 g/mol. The van der Waals surface area contributed by atoms with Gasteiger partial charge in [0.15, 0.2) is 0 Å². The molecule has 1 fully saturated rings. The number of carbonyl (C=O) groups is 2. The van der Waals surface area contributed by atoms with E-state index in [0.717, 1.165) is 16.9 Å². The minimum Gasteiger partial charge on any atom is -0.508 e. The van der Waals surface area contributed by atoms with Crippen LogP contribution < -0.4 is 5.43 Å². The molecule has 3 aromatic rings. The van der Waals surface area contributed by atoms with Gasteiger partial charge in [-0.25, -0.2) is 9.99 Å². The fourth-order valence-electron chi connectivity index (χ4n) is 3.36. The third-order valence-electron chi connectivity index (χ3n) is 4.75. The van der Waals surface area contributed by atoms with Crippen molar-refractivity contribution in [2.75, 3.05) is 0 Å². The highest BCUT2D eigenvalue weighted by molar-refractivity contribution is 8.01. The van der Waals surface area contributed by atoms with E-state index in [-0.39, 0.29) is 29.4 Å². The van der Waals surface area contributed by atoms with Crippen molar-refractivity contribution in [2.45, 2.75) is 31.0 Å². The fourth-order valence-corrected chi connectivity index (χ4v) is 4.60. The summed E-state index contributed by atoms with van der Waals surface area (Å²) < 4.78 is 1.82. The lowest BCUT2D eigenvalue weighted by atomic mass is 10.2. The molecule has 144 valence electrons. The maximum absolute atomic E-state index is 12.8. The van der Waals surface area contributed by atoms with Gasteiger partial charge in [0.2, 0.25) is 0 Å². The molecule has 2 atom stereocenters. The molecule has 0 spiro atoms. The molecule has 0 radical (unpaired) electrons. The Hall–Kier alpha value is -3.00. The molecule has 1 saturated heterocycles. The van der Waals surface area contributed by atoms with Crippen molar-refractivity contribution in [3.05, 3.63) is 59.9 Å². The molecule has 1 aromatic heterocycles. The second-order valence-electron chi connectivity index (χ2n) is 6.67. The molecular weight excluding hydrogens is 376 g/mol. The van der Waals surface area contributed by atoms with Gasteiger partial charge in [-0.15, -0.1) is 11.8 Å². The molecule has 0 bridgehead atoms. The summed E-state index contributed by atoms with van der Waals surface area (Å²) in [6.07, 6.45) is 0. The number of aromatic hydroxyl groups is 1. The molecule has 0 saturated carbocycles. The summed E-state index contributed by atoms with van der Waals surface area (Å²) in [5, 5.41) is 10.7. The van der Waals surface area contributed by atoms with E-state index in [1.54, 1.807) is 31.2 Å². The highest BCUT2D eigenvalue weighted by Gasteiger charge is 2.40. The molecule has 2 unspecified atom stereocenters. The van der Waals surface area contributed by atoms with E-state index in [1.807, 2.05) is 35.8 Å². The van der Waals surface area contributed by atoms with E-state index in [2.05, 4.69) is 10.4 Å². The number of imidazole rings is 1. The predicted octanol–water partition coefficient (Wildman–Crippen LogP) is 2.74. The van der Waals surface area contributed by atoms with Crippen molar-refractivity contribution in [3.8, 4) is 5.75 Å². The van der Waals surface area contributed by atoms with Gasteiger partial charge in [0, 0.05) is 5.56 Å². The smallest absolute Gasteiger partial charge is 0.258 e. The maximum Gasteiger partial charge on any atom is 0.258 e. The van der Waals surface area contributed by atoms with Crippen LogP contribution in [-0.2, 0) is 16.1 Å². The van der Waals surface area contributed by atoms with E-state index in [0.29, 0.717) is 5.56 Å².